The van der Waals surface area contributed by atoms with Gasteiger partial charge in [-0.2, -0.15) is 0 Å². The maximum absolute atomic E-state index is 12.9. The number of ether oxygens (including phenoxy) is 1. The van der Waals surface area contributed by atoms with Gasteiger partial charge in [-0.05, 0) is 18.5 Å². The summed E-state index contributed by atoms with van der Waals surface area (Å²) in [6, 6.07) is 1.44. The van der Waals surface area contributed by atoms with Crippen LogP contribution in [0.4, 0.5) is 4.39 Å². The van der Waals surface area contributed by atoms with Crippen LogP contribution in [-0.4, -0.2) is 18.6 Å². The van der Waals surface area contributed by atoms with Gasteiger partial charge < -0.3 is 10.1 Å². The Labute approximate surface area is 89.7 Å². The lowest BCUT2D eigenvalue weighted by Gasteiger charge is -2.10. The van der Waals surface area contributed by atoms with Crippen molar-refractivity contribution in [3.8, 4) is 5.88 Å². The number of pyridine rings is 1. The molecule has 0 aromatic carbocycles. The van der Waals surface area contributed by atoms with Crippen LogP contribution in [0.1, 0.15) is 19.4 Å². The van der Waals surface area contributed by atoms with Crippen molar-refractivity contribution in [1.82, 2.24) is 10.3 Å². The predicted octanol–water partition coefficient (Wildman–Crippen LogP) is 1.97. The Kier molecular flexibility index (Phi) is 4.49. The minimum absolute atomic E-state index is 0.336. The largest absolute Gasteiger partial charge is 0.481 e. The molecule has 1 N–H and O–H groups in total. The smallest absolute Gasteiger partial charge is 0.217 e. The fourth-order valence-corrected chi connectivity index (χ4v) is 1.27. The Morgan fingerprint density at radius 1 is 1.53 bits per heavy atom. The van der Waals surface area contributed by atoms with Crippen molar-refractivity contribution < 1.29 is 9.13 Å². The molecule has 0 aliphatic heterocycles. The van der Waals surface area contributed by atoms with Crippen LogP contribution in [0, 0.1) is 11.7 Å². The fraction of sp³-hybridized carbons (Fsp3) is 0.545. The molecule has 0 atom stereocenters. The zero-order valence-corrected chi connectivity index (χ0v) is 9.38. The van der Waals surface area contributed by atoms with E-state index in [1.807, 2.05) is 0 Å². The van der Waals surface area contributed by atoms with Crippen LogP contribution in [0.25, 0.3) is 0 Å². The molecule has 1 aromatic heterocycles. The third kappa shape index (κ3) is 3.83. The second kappa shape index (κ2) is 5.66. The van der Waals surface area contributed by atoms with E-state index >= 15 is 0 Å². The number of hydrogen-bond acceptors (Lipinski definition) is 3. The minimum Gasteiger partial charge on any atom is -0.481 e. The molecule has 0 aliphatic rings. The summed E-state index contributed by atoms with van der Waals surface area (Å²) >= 11 is 0. The molecule has 0 spiro atoms. The van der Waals surface area contributed by atoms with E-state index in [1.165, 1.54) is 13.2 Å². The molecule has 0 unspecified atom stereocenters. The molecule has 0 saturated carbocycles. The maximum Gasteiger partial charge on any atom is 0.217 e. The van der Waals surface area contributed by atoms with Gasteiger partial charge in [-0.15, -0.1) is 0 Å². The molecular formula is C11H17FN2O. The number of methoxy groups -OCH3 is 1. The van der Waals surface area contributed by atoms with E-state index in [-0.39, 0.29) is 5.82 Å². The van der Waals surface area contributed by atoms with Gasteiger partial charge in [0.15, 0.2) is 0 Å². The van der Waals surface area contributed by atoms with Gasteiger partial charge in [-0.25, -0.2) is 9.37 Å². The van der Waals surface area contributed by atoms with E-state index < -0.39 is 0 Å². The summed E-state index contributed by atoms with van der Waals surface area (Å²) < 4.78 is 18.0. The first kappa shape index (κ1) is 11.9. The lowest BCUT2D eigenvalue weighted by molar-refractivity contribution is 0.387. The number of nitrogens with zero attached hydrogens (tertiary/aromatic N) is 1. The predicted molar refractivity (Wildman–Crippen MR) is 57.3 cm³/mol. The summed E-state index contributed by atoms with van der Waals surface area (Å²) in [4.78, 5) is 3.86. The van der Waals surface area contributed by atoms with Crippen LogP contribution < -0.4 is 10.1 Å². The second-order valence-corrected chi connectivity index (χ2v) is 3.85. The van der Waals surface area contributed by atoms with Crippen molar-refractivity contribution in [2.75, 3.05) is 13.7 Å². The number of halogens is 1. The maximum atomic E-state index is 12.9. The summed E-state index contributed by atoms with van der Waals surface area (Å²) in [5.41, 5.74) is 0.748. The molecule has 1 rings (SSSR count). The van der Waals surface area contributed by atoms with Crippen LogP contribution >= 0.6 is 0 Å². The summed E-state index contributed by atoms with van der Waals surface area (Å²) in [6.45, 7) is 5.70. The molecule has 1 heterocycles. The van der Waals surface area contributed by atoms with Gasteiger partial charge in [0, 0.05) is 12.1 Å². The second-order valence-electron chi connectivity index (χ2n) is 3.85. The third-order valence-electron chi connectivity index (χ3n) is 1.95. The molecule has 84 valence electrons. The number of rotatable bonds is 5. The van der Waals surface area contributed by atoms with E-state index in [0.29, 0.717) is 18.3 Å². The molecule has 0 fully saturated rings. The molecule has 0 saturated heterocycles. The first-order valence-corrected chi connectivity index (χ1v) is 5.02. The average molecular weight is 212 g/mol. The van der Waals surface area contributed by atoms with Gasteiger partial charge in [0.1, 0.15) is 5.82 Å². The zero-order valence-electron chi connectivity index (χ0n) is 9.38. The van der Waals surface area contributed by atoms with Crippen LogP contribution in [0.5, 0.6) is 5.88 Å². The average Bonchev–Trinajstić information content (AvgIpc) is 2.17. The summed E-state index contributed by atoms with van der Waals surface area (Å²) in [6.07, 6.45) is 1.16. The Morgan fingerprint density at radius 2 is 2.27 bits per heavy atom. The van der Waals surface area contributed by atoms with Gasteiger partial charge in [0.05, 0.1) is 13.3 Å². The van der Waals surface area contributed by atoms with E-state index in [4.69, 9.17) is 4.74 Å². The van der Waals surface area contributed by atoms with Crippen LogP contribution in [0.15, 0.2) is 12.3 Å². The van der Waals surface area contributed by atoms with Crippen molar-refractivity contribution in [3.05, 3.63) is 23.6 Å². The van der Waals surface area contributed by atoms with Gasteiger partial charge in [-0.3, -0.25) is 0 Å². The van der Waals surface area contributed by atoms with E-state index in [2.05, 4.69) is 24.1 Å². The fourth-order valence-electron chi connectivity index (χ4n) is 1.27. The highest BCUT2D eigenvalue weighted by Gasteiger charge is 2.05. The minimum atomic E-state index is -0.336. The summed E-state index contributed by atoms with van der Waals surface area (Å²) in [5.74, 6) is 0.710. The van der Waals surface area contributed by atoms with Crippen molar-refractivity contribution >= 4 is 0 Å². The Morgan fingerprint density at radius 3 is 2.87 bits per heavy atom. The lowest BCUT2D eigenvalue weighted by Crippen LogP contribution is -2.19. The van der Waals surface area contributed by atoms with Gasteiger partial charge in [-0.1, -0.05) is 13.8 Å². The normalized spacial score (nSPS) is 10.7. The molecule has 3 nitrogen and oxygen atoms in total. The topological polar surface area (TPSA) is 34.1 Å². The first-order chi connectivity index (χ1) is 7.13. The molecule has 15 heavy (non-hydrogen) atoms. The molecular weight excluding hydrogens is 195 g/mol. The van der Waals surface area contributed by atoms with Crippen LogP contribution in [0.3, 0.4) is 0 Å². The third-order valence-corrected chi connectivity index (χ3v) is 1.95. The van der Waals surface area contributed by atoms with Crippen molar-refractivity contribution in [1.29, 1.82) is 0 Å². The Bertz CT molecular complexity index is 315. The van der Waals surface area contributed by atoms with Crippen LogP contribution in [0.2, 0.25) is 0 Å². The van der Waals surface area contributed by atoms with E-state index in [9.17, 15) is 4.39 Å². The molecule has 4 heteroatoms. The quantitative estimate of drug-likeness (QED) is 0.810. The number of aromatic nitrogens is 1. The highest BCUT2D eigenvalue weighted by atomic mass is 19.1. The first-order valence-electron chi connectivity index (χ1n) is 5.02. The highest BCUT2D eigenvalue weighted by molar-refractivity contribution is 5.25. The number of nitrogens with one attached hydrogen (secondary N) is 1. The van der Waals surface area contributed by atoms with Crippen molar-refractivity contribution in [3.63, 3.8) is 0 Å². The molecule has 0 bridgehead atoms. The van der Waals surface area contributed by atoms with E-state index in [0.717, 1.165) is 18.3 Å². The highest BCUT2D eigenvalue weighted by Crippen LogP contribution is 2.15. The van der Waals surface area contributed by atoms with E-state index in [1.54, 1.807) is 0 Å². The van der Waals surface area contributed by atoms with Crippen molar-refractivity contribution in [2.45, 2.75) is 20.4 Å². The Balaban J connectivity index is 2.62. The summed E-state index contributed by atoms with van der Waals surface area (Å²) in [5, 5.41) is 3.22. The van der Waals surface area contributed by atoms with Crippen molar-refractivity contribution in [2.24, 2.45) is 5.92 Å². The molecule has 1 aromatic rings. The van der Waals surface area contributed by atoms with Crippen LogP contribution in [-0.2, 0) is 6.54 Å². The van der Waals surface area contributed by atoms with Gasteiger partial charge in [0.2, 0.25) is 5.88 Å². The zero-order chi connectivity index (χ0) is 11.3. The Hall–Kier alpha value is -1.16. The number of hydrogen-bond donors (Lipinski definition) is 1. The molecule has 0 aliphatic carbocycles. The monoisotopic (exact) mass is 212 g/mol. The van der Waals surface area contributed by atoms with Gasteiger partial charge in [0.25, 0.3) is 0 Å². The summed E-state index contributed by atoms with van der Waals surface area (Å²) in [7, 11) is 1.53. The molecule has 0 amide bonds. The SMILES string of the molecule is COc1ncc(F)cc1CNCC(C)C. The lowest BCUT2D eigenvalue weighted by atomic mass is 10.2. The molecule has 0 radical (unpaired) electrons. The van der Waals surface area contributed by atoms with Gasteiger partial charge >= 0.3 is 0 Å². The standard InChI is InChI=1S/C11H17FN2O/c1-8(2)5-13-6-9-4-10(12)7-14-11(9)15-3/h4,7-8,13H,5-6H2,1-3H3.